The van der Waals surface area contributed by atoms with E-state index in [1.165, 1.54) is 0 Å². The third-order valence-corrected chi connectivity index (χ3v) is 5.22. The van der Waals surface area contributed by atoms with Crippen molar-refractivity contribution in [1.82, 2.24) is 24.4 Å². The van der Waals surface area contributed by atoms with Gasteiger partial charge in [-0.3, -0.25) is 4.79 Å². The zero-order valence-corrected chi connectivity index (χ0v) is 17.1. The van der Waals surface area contributed by atoms with E-state index in [0.717, 1.165) is 42.7 Å². The second-order valence-corrected chi connectivity index (χ2v) is 7.36. The van der Waals surface area contributed by atoms with Crippen LogP contribution in [0.15, 0.2) is 30.6 Å². The molecule has 0 bridgehead atoms. The summed E-state index contributed by atoms with van der Waals surface area (Å²) >= 11 is 0. The van der Waals surface area contributed by atoms with Crippen LogP contribution in [0.3, 0.4) is 0 Å². The topological polar surface area (TPSA) is 108 Å². The molecular weight excluding hydrogens is 382 g/mol. The summed E-state index contributed by atoms with van der Waals surface area (Å²) in [6, 6.07) is 7.19. The van der Waals surface area contributed by atoms with Gasteiger partial charge in [-0.2, -0.15) is 9.97 Å². The second-order valence-electron chi connectivity index (χ2n) is 7.36. The van der Waals surface area contributed by atoms with E-state index in [4.69, 9.17) is 0 Å². The Bertz CT molecular complexity index is 1020. The van der Waals surface area contributed by atoms with Gasteiger partial charge in [-0.05, 0) is 37.5 Å². The number of nitrogens with one attached hydrogen (secondary N) is 2. The number of benzene rings is 1. The van der Waals surface area contributed by atoms with Gasteiger partial charge in [0.2, 0.25) is 11.9 Å². The molecule has 0 unspecified atom stereocenters. The molecule has 1 amide bonds. The Morgan fingerprint density at radius 3 is 2.70 bits per heavy atom. The van der Waals surface area contributed by atoms with Gasteiger partial charge in [-0.1, -0.05) is 12.1 Å². The maximum absolute atomic E-state index is 11.9. The number of anilines is 2. The Balaban J connectivity index is 1.50. The Hall–Kier alpha value is -3.36. The Labute approximate surface area is 175 Å². The molecule has 1 aliphatic rings. The molecule has 0 atom stereocenters. The van der Waals surface area contributed by atoms with Crippen LogP contribution in [0.5, 0.6) is 5.75 Å². The van der Waals surface area contributed by atoms with E-state index in [2.05, 4.69) is 25.6 Å². The smallest absolute Gasteiger partial charge is 0.226 e. The molecule has 30 heavy (non-hydrogen) atoms. The summed E-state index contributed by atoms with van der Waals surface area (Å²) in [6.45, 7) is 5.54. The summed E-state index contributed by atoms with van der Waals surface area (Å²) in [5.41, 5.74) is 2.59. The zero-order valence-electron chi connectivity index (χ0n) is 17.1. The second kappa shape index (κ2) is 8.98. The van der Waals surface area contributed by atoms with Crippen molar-refractivity contribution in [3.8, 4) is 5.75 Å². The van der Waals surface area contributed by atoms with Gasteiger partial charge in [-0.15, -0.1) is 0 Å². The predicted molar refractivity (Wildman–Crippen MR) is 116 cm³/mol. The van der Waals surface area contributed by atoms with Crippen molar-refractivity contribution in [2.45, 2.75) is 32.7 Å². The van der Waals surface area contributed by atoms with Crippen LogP contribution in [0.1, 0.15) is 25.3 Å². The largest absolute Gasteiger partial charge is 0.508 e. The van der Waals surface area contributed by atoms with Crippen molar-refractivity contribution in [3.05, 3.63) is 36.2 Å². The van der Waals surface area contributed by atoms with E-state index >= 15 is 0 Å². The lowest BCUT2D eigenvalue weighted by molar-refractivity contribution is -0.127. The molecule has 4 rings (SSSR count). The van der Waals surface area contributed by atoms with E-state index in [1.54, 1.807) is 18.5 Å². The van der Waals surface area contributed by atoms with Crippen LogP contribution in [0.4, 0.5) is 11.8 Å². The average molecular weight is 409 g/mol. The fourth-order valence-electron chi connectivity index (χ4n) is 3.63. The monoisotopic (exact) mass is 409 g/mol. The van der Waals surface area contributed by atoms with Gasteiger partial charge in [0, 0.05) is 39.1 Å². The first kappa shape index (κ1) is 19.9. The first-order valence-electron chi connectivity index (χ1n) is 10.4. The van der Waals surface area contributed by atoms with Gasteiger partial charge >= 0.3 is 0 Å². The third-order valence-electron chi connectivity index (χ3n) is 5.22. The molecule has 3 heterocycles. The molecule has 1 aliphatic heterocycles. The summed E-state index contributed by atoms with van der Waals surface area (Å²) in [7, 11) is 0. The van der Waals surface area contributed by atoms with Gasteiger partial charge in [0.15, 0.2) is 17.0 Å². The average Bonchev–Trinajstić information content (AvgIpc) is 3.34. The van der Waals surface area contributed by atoms with E-state index in [0.29, 0.717) is 37.8 Å². The molecule has 0 radical (unpaired) electrons. The fourth-order valence-corrected chi connectivity index (χ4v) is 3.63. The lowest BCUT2D eigenvalue weighted by Crippen LogP contribution is -2.28. The number of aromatic hydroxyl groups is 1. The van der Waals surface area contributed by atoms with Gasteiger partial charge in [0.05, 0.1) is 6.33 Å². The van der Waals surface area contributed by atoms with Crippen LogP contribution >= 0.6 is 0 Å². The number of hydrogen-bond acceptors (Lipinski definition) is 7. The third kappa shape index (κ3) is 4.45. The maximum atomic E-state index is 11.9. The Morgan fingerprint density at radius 1 is 1.13 bits per heavy atom. The molecule has 1 aromatic carbocycles. The molecule has 0 spiro atoms. The van der Waals surface area contributed by atoms with E-state index in [9.17, 15) is 9.90 Å². The summed E-state index contributed by atoms with van der Waals surface area (Å²) in [6.07, 6.45) is 4.14. The van der Waals surface area contributed by atoms with Gasteiger partial charge in [0.1, 0.15) is 5.75 Å². The minimum Gasteiger partial charge on any atom is -0.508 e. The van der Waals surface area contributed by atoms with E-state index in [1.807, 2.05) is 28.5 Å². The highest BCUT2D eigenvalue weighted by Gasteiger charge is 2.20. The zero-order chi connectivity index (χ0) is 20.9. The summed E-state index contributed by atoms with van der Waals surface area (Å²) in [5, 5.41) is 16.0. The number of imidazole rings is 1. The molecule has 1 fully saturated rings. The van der Waals surface area contributed by atoms with Crippen LogP contribution in [0.2, 0.25) is 0 Å². The number of nitrogens with zero attached hydrogens (tertiary/aromatic N) is 5. The van der Waals surface area contributed by atoms with Crippen molar-refractivity contribution in [3.63, 3.8) is 0 Å². The van der Waals surface area contributed by atoms with Crippen LogP contribution in [0, 0.1) is 0 Å². The van der Waals surface area contributed by atoms with Gasteiger partial charge in [-0.25, -0.2) is 4.98 Å². The van der Waals surface area contributed by atoms with E-state index < -0.39 is 0 Å². The van der Waals surface area contributed by atoms with Crippen molar-refractivity contribution in [2.24, 2.45) is 0 Å². The lowest BCUT2D eigenvalue weighted by atomic mass is 10.1. The standard InChI is InChI=1S/C21H27N7O2/c1-2-22-21-25-19(23-10-9-15-5-7-16(29)8-6-15)18-20(26-21)28(14-24-18)13-12-27-11-3-4-17(27)30/h5-8,14,29H,2-4,9-13H2,1H3,(H2,22,23,25,26). The molecular formula is C21H27N7O2. The van der Waals surface area contributed by atoms with Crippen molar-refractivity contribution in [1.29, 1.82) is 0 Å². The minimum absolute atomic E-state index is 0.221. The summed E-state index contributed by atoms with van der Waals surface area (Å²) in [5.74, 6) is 1.72. The molecule has 2 aromatic heterocycles. The number of aromatic nitrogens is 4. The molecule has 3 aromatic rings. The number of carbonyl (C=O) groups is 1. The number of fused-ring (bicyclic) bond motifs is 1. The number of phenolic OH excluding ortho intramolecular Hbond substituents is 1. The molecule has 1 saturated heterocycles. The SMILES string of the molecule is CCNc1nc(NCCc2ccc(O)cc2)c2ncn(CCN3CCCC3=O)c2n1. The summed E-state index contributed by atoms with van der Waals surface area (Å²) < 4.78 is 1.98. The Kier molecular flexibility index (Phi) is 5.97. The minimum atomic E-state index is 0.221. The molecule has 0 aliphatic carbocycles. The molecule has 3 N–H and O–H groups in total. The highest BCUT2D eigenvalue weighted by atomic mass is 16.3. The lowest BCUT2D eigenvalue weighted by Gasteiger charge is -2.16. The van der Waals surface area contributed by atoms with Crippen molar-refractivity contribution in [2.75, 3.05) is 36.8 Å². The quantitative estimate of drug-likeness (QED) is 0.497. The number of rotatable bonds is 9. The predicted octanol–water partition coefficient (Wildman–Crippen LogP) is 2.24. The fraction of sp³-hybridized carbons (Fsp3) is 0.429. The normalized spacial score (nSPS) is 13.9. The van der Waals surface area contributed by atoms with Crippen LogP contribution in [0.25, 0.3) is 11.2 Å². The van der Waals surface area contributed by atoms with Crippen LogP contribution < -0.4 is 10.6 Å². The highest BCUT2D eigenvalue weighted by molar-refractivity contribution is 5.84. The number of carbonyl (C=O) groups excluding carboxylic acids is 1. The first-order valence-corrected chi connectivity index (χ1v) is 10.4. The molecule has 158 valence electrons. The van der Waals surface area contributed by atoms with Crippen LogP contribution in [-0.4, -0.2) is 61.6 Å². The number of amides is 1. The van der Waals surface area contributed by atoms with Crippen LogP contribution in [-0.2, 0) is 17.8 Å². The number of likely N-dealkylation sites (tertiary alicyclic amines) is 1. The van der Waals surface area contributed by atoms with Gasteiger partial charge in [0.25, 0.3) is 0 Å². The first-order chi connectivity index (χ1) is 14.6. The molecule has 9 nitrogen and oxygen atoms in total. The molecule has 0 saturated carbocycles. The van der Waals surface area contributed by atoms with E-state index in [-0.39, 0.29) is 11.7 Å². The van der Waals surface area contributed by atoms with Crippen molar-refractivity contribution < 1.29 is 9.90 Å². The maximum Gasteiger partial charge on any atom is 0.226 e. The molecule has 9 heteroatoms. The highest BCUT2D eigenvalue weighted by Crippen LogP contribution is 2.21. The number of phenols is 1. The van der Waals surface area contributed by atoms with Gasteiger partial charge < -0.3 is 25.2 Å². The van der Waals surface area contributed by atoms with Crippen molar-refractivity contribution >= 4 is 28.8 Å². The number of hydrogen-bond donors (Lipinski definition) is 3. The summed E-state index contributed by atoms with van der Waals surface area (Å²) in [4.78, 5) is 27.5. The Morgan fingerprint density at radius 2 is 1.97 bits per heavy atom.